The predicted octanol–water partition coefficient (Wildman–Crippen LogP) is 4.56. The maximum Gasteiger partial charge on any atom is 0.458 e. The van der Waals surface area contributed by atoms with Gasteiger partial charge in [-0.3, -0.25) is 4.79 Å². The molecule has 0 radical (unpaired) electrons. The Morgan fingerprint density at radius 3 is 2.32 bits per heavy atom. The molecule has 0 aromatic rings. The molecule has 1 aliphatic heterocycles. The highest BCUT2D eigenvalue weighted by molar-refractivity contribution is 6.45. The molecule has 0 aromatic carbocycles. The lowest BCUT2D eigenvalue weighted by atomic mass is 9.62. The number of carbonyl (C=O) groups is 1. The Labute approximate surface area is 153 Å². The fourth-order valence-electron chi connectivity index (χ4n) is 3.52. The van der Waals surface area contributed by atoms with Gasteiger partial charge in [0.1, 0.15) is 0 Å². The maximum absolute atomic E-state index is 11.9. The van der Waals surface area contributed by atoms with Crippen molar-refractivity contribution in [2.45, 2.75) is 78.8 Å². The molecule has 0 aromatic heterocycles. The van der Waals surface area contributed by atoms with Gasteiger partial charge in [-0.25, -0.2) is 0 Å². The van der Waals surface area contributed by atoms with Crippen LogP contribution in [0, 0.1) is 11.8 Å². The molecule has 1 unspecified atom stereocenters. The second-order valence-corrected chi connectivity index (χ2v) is 8.50. The van der Waals surface area contributed by atoms with E-state index in [1.165, 1.54) is 11.1 Å². The van der Waals surface area contributed by atoms with E-state index in [-0.39, 0.29) is 24.3 Å². The molecule has 1 saturated heterocycles. The van der Waals surface area contributed by atoms with Crippen molar-refractivity contribution in [1.82, 2.24) is 0 Å². The summed E-state index contributed by atoms with van der Waals surface area (Å²) in [6, 6.07) is 0. The van der Waals surface area contributed by atoms with Crippen LogP contribution in [0.1, 0.15) is 61.3 Å². The van der Waals surface area contributed by atoms with Crippen LogP contribution in [0.4, 0.5) is 0 Å². The van der Waals surface area contributed by atoms with E-state index in [0.29, 0.717) is 24.9 Å². The minimum atomic E-state index is -0.311. The molecule has 1 fully saturated rings. The molecule has 25 heavy (non-hydrogen) atoms. The molecule has 0 saturated carbocycles. The Balaban J connectivity index is 2.10. The van der Waals surface area contributed by atoms with Crippen molar-refractivity contribution >= 4 is 13.1 Å². The summed E-state index contributed by atoms with van der Waals surface area (Å²) in [6.45, 7) is 19.1. The first-order valence-electron chi connectivity index (χ1n) is 9.40. The van der Waals surface area contributed by atoms with E-state index in [9.17, 15) is 4.79 Å². The van der Waals surface area contributed by atoms with Gasteiger partial charge in [0, 0.05) is 0 Å². The van der Waals surface area contributed by atoms with Gasteiger partial charge in [0.25, 0.3) is 0 Å². The number of carbonyl (C=O) groups excluding carboxylic acids is 1. The maximum atomic E-state index is 11.9. The van der Waals surface area contributed by atoms with Gasteiger partial charge >= 0.3 is 13.1 Å². The van der Waals surface area contributed by atoms with Crippen LogP contribution in [0.25, 0.3) is 0 Å². The van der Waals surface area contributed by atoms with E-state index in [4.69, 9.17) is 14.0 Å². The zero-order valence-electron chi connectivity index (χ0n) is 16.9. The smallest absolute Gasteiger partial charge is 0.458 e. The lowest BCUT2D eigenvalue weighted by Gasteiger charge is -2.36. The van der Waals surface area contributed by atoms with Crippen LogP contribution < -0.4 is 0 Å². The number of hydrogen-bond donors (Lipinski definition) is 0. The zero-order valence-corrected chi connectivity index (χ0v) is 16.9. The van der Waals surface area contributed by atoms with E-state index in [1.807, 2.05) is 6.92 Å². The fraction of sp³-hybridized carbons (Fsp3) is 0.750. The topological polar surface area (TPSA) is 44.8 Å². The van der Waals surface area contributed by atoms with Crippen molar-refractivity contribution in [3.05, 3.63) is 23.3 Å². The highest BCUT2D eigenvalue weighted by Crippen LogP contribution is 2.48. The average molecular weight is 348 g/mol. The molecule has 1 atom stereocenters. The summed E-state index contributed by atoms with van der Waals surface area (Å²) in [7, 11) is -0.214. The lowest BCUT2D eigenvalue weighted by Crippen LogP contribution is -2.41. The molecule has 140 valence electrons. The van der Waals surface area contributed by atoms with Gasteiger partial charge in [-0.05, 0) is 70.3 Å². The number of hydrogen-bond acceptors (Lipinski definition) is 4. The van der Waals surface area contributed by atoms with E-state index in [1.54, 1.807) is 0 Å². The molecule has 1 heterocycles. The van der Waals surface area contributed by atoms with Crippen LogP contribution in [-0.4, -0.2) is 30.9 Å². The Kier molecular flexibility index (Phi) is 5.90. The summed E-state index contributed by atoms with van der Waals surface area (Å²) >= 11 is 0. The lowest BCUT2D eigenvalue weighted by molar-refractivity contribution is -0.142. The molecular formula is C20H33BO4. The molecule has 0 N–H and O–H groups in total. The minimum absolute atomic E-state index is 0.152. The van der Waals surface area contributed by atoms with Crippen LogP contribution in [0.3, 0.4) is 0 Å². The number of ether oxygens (including phenoxy) is 1. The normalized spacial score (nSPS) is 24.5. The molecule has 2 aliphatic rings. The van der Waals surface area contributed by atoms with E-state index < -0.39 is 0 Å². The summed E-state index contributed by atoms with van der Waals surface area (Å²) in [4.78, 5) is 11.9. The van der Waals surface area contributed by atoms with E-state index in [0.717, 1.165) is 18.3 Å². The highest BCUT2D eigenvalue weighted by Gasteiger charge is 2.52. The number of allylic oxidation sites excluding steroid dienone is 2. The Morgan fingerprint density at radius 2 is 1.84 bits per heavy atom. The summed E-state index contributed by atoms with van der Waals surface area (Å²) in [5.74, 6) is 0.544. The number of rotatable bonds is 7. The van der Waals surface area contributed by atoms with Crippen molar-refractivity contribution < 1.29 is 18.8 Å². The molecule has 1 aliphatic carbocycles. The molecular weight excluding hydrogens is 315 g/mol. The third-order valence-corrected chi connectivity index (χ3v) is 5.77. The third kappa shape index (κ3) is 4.20. The van der Waals surface area contributed by atoms with Crippen LogP contribution in [0.2, 0.25) is 6.32 Å². The van der Waals surface area contributed by atoms with Crippen molar-refractivity contribution in [2.24, 2.45) is 11.8 Å². The highest BCUT2D eigenvalue weighted by atomic mass is 16.7. The van der Waals surface area contributed by atoms with E-state index in [2.05, 4.69) is 48.1 Å². The quantitative estimate of drug-likeness (QED) is 0.500. The Morgan fingerprint density at radius 1 is 1.28 bits per heavy atom. The summed E-state index contributed by atoms with van der Waals surface area (Å²) in [6.07, 6.45) is 2.07. The largest absolute Gasteiger partial charge is 0.466 e. The van der Waals surface area contributed by atoms with Crippen molar-refractivity contribution in [3.8, 4) is 0 Å². The first kappa shape index (κ1) is 20.2. The fourth-order valence-corrected chi connectivity index (χ4v) is 3.52. The van der Waals surface area contributed by atoms with Crippen LogP contribution in [0.15, 0.2) is 23.3 Å². The third-order valence-electron chi connectivity index (χ3n) is 5.77. The molecule has 0 amide bonds. The van der Waals surface area contributed by atoms with Gasteiger partial charge in [0.05, 0.1) is 24.2 Å². The first-order chi connectivity index (χ1) is 11.5. The van der Waals surface area contributed by atoms with Gasteiger partial charge in [-0.1, -0.05) is 26.0 Å². The first-order valence-corrected chi connectivity index (χ1v) is 9.40. The second kappa shape index (κ2) is 7.28. The van der Waals surface area contributed by atoms with Crippen LogP contribution in [-0.2, 0) is 18.8 Å². The Hall–Kier alpha value is -1.07. The van der Waals surface area contributed by atoms with Gasteiger partial charge in [-0.2, -0.15) is 0 Å². The van der Waals surface area contributed by atoms with Gasteiger partial charge in [-0.15, -0.1) is 0 Å². The molecule has 4 nitrogen and oxygen atoms in total. The zero-order chi connectivity index (χ0) is 19.0. The molecule has 5 heteroatoms. The molecule has 2 rings (SSSR count). The van der Waals surface area contributed by atoms with Gasteiger partial charge in [0.15, 0.2) is 0 Å². The SMILES string of the molecule is C=C(C1=C(CC(=O)OCC)CC1CB1OC(C)(C)C(C)(C)O1)C(C)C. The minimum Gasteiger partial charge on any atom is -0.466 e. The van der Waals surface area contributed by atoms with Crippen molar-refractivity contribution in [1.29, 1.82) is 0 Å². The predicted molar refractivity (Wildman–Crippen MR) is 101 cm³/mol. The van der Waals surface area contributed by atoms with Gasteiger partial charge < -0.3 is 14.0 Å². The monoisotopic (exact) mass is 348 g/mol. The van der Waals surface area contributed by atoms with Crippen LogP contribution in [0.5, 0.6) is 0 Å². The number of esters is 1. The molecule has 0 spiro atoms. The second-order valence-electron chi connectivity index (χ2n) is 8.50. The summed E-state index contributed by atoms with van der Waals surface area (Å²) < 4.78 is 17.4. The van der Waals surface area contributed by atoms with Crippen molar-refractivity contribution in [3.63, 3.8) is 0 Å². The van der Waals surface area contributed by atoms with Gasteiger partial charge in [0.2, 0.25) is 0 Å². The summed E-state index contributed by atoms with van der Waals surface area (Å²) in [5, 5.41) is 0. The molecule has 0 bridgehead atoms. The Bertz CT molecular complexity index is 558. The summed E-state index contributed by atoms with van der Waals surface area (Å²) in [5.41, 5.74) is 2.89. The standard InChI is InChI=1S/C20H33BO4/c1-9-23-17(22)11-15-10-16(18(15)14(4)13(2)3)12-21-24-19(5,6)20(7,8)25-21/h13,16H,4,9-12H2,1-3,5-8H3. The van der Waals surface area contributed by atoms with Crippen molar-refractivity contribution in [2.75, 3.05) is 6.61 Å². The van der Waals surface area contributed by atoms with Crippen LogP contribution >= 0.6 is 0 Å². The average Bonchev–Trinajstić information content (AvgIpc) is 2.65. The van der Waals surface area contributed by atoms with E-state index >= 15 is 0 Å².